The van der Waals surface area contributed by atoms with E-state index >= 15 is 0 Å². The minimum absolute atomic E-state index is 0.0151. The predicted molar refractivity (Wildman–Crippen MR) is 223 cm³/mol. The van der Waals surface area contributed by atoms with Gasteiger partial charge in [0.05, 0.1) is 13.0 Å². The third-order valence-corrected chi connectivity index (χ3v) is 11.0. The lowest BCUT2D eigenvalue weighted by Crippen LogP contribution is -2.54. The molecule has 59 heavy (non-hydrogen) atoms. The number of likely N-dealkylation sites (N-methyl/N-ethyl adjacent to an activating group) is 1. The van der Waals surface area contributed by atoms with Gasteiger partial charge in [0.15, 0.2) is 0 Å². The molecular weight excluding hydrogens is 753 g/mol. The molecule has 1 aliphatic carbocycles. The van der Waals surface area contributed by atoms with Gasteiger partial charge in [-0.25, -0.2) is 9.59 Å². The topological polar surface area (TPSA) is 161 Å². The minimum atomic E-state index is -1.37. The van der Waals surface area contributed by atoms with E-state index < -0.39 is 47.9 Å². The lowest BCUT2D eigenvalue weighted by molar-refractivity contribution is -0.150. The number of likely N-dealkylation sites (tertiary alicyclic amines) is 1. The van der Waals surface area contributed by atoms with Crippen LogP contribution in [-0.2, 0) is 51.4 Å². The molecule has 1 saturated carbocycles. The first-order chi connectivity index (χ1) is 28.3. The summed E-state index contributed by atoms with van der Waals surface area (Å²) in [5.74, 6) is -2.01. The number of carbonyl (C=O) groups excluding carboxylic acids is 6. The van der Waals surface area contributed by atoms with Crippen LogP contribution in [0.25, 0.3) is 0 Å². The molecule has 13 heteroatoms. The van der Waals surface area contributed by atoms with Gasteiger partial charge in [0.1, 0.15) is 30.9 Å². The molecule has 2 aliphatic rings. The van der Waals surface area contributed by atoms with Crippen molar-refractivity contribution in [1.82, 2.24) is 20.4 Å². The Bertz CT molecular complexity index is 1630. The van der Waals surface area contributed by atoms with Crippen molar-refractivity contribution < 1.29 is 43.0 Å². The summed E-state index contributed by atoms with van der Waals surface area (Å²) in [5, 5.41) is 5.47. The number of amides is 4. The lowest BCUT2D eigenvalue weighted by atomic mass is 9.85. The third kappa shape index (κ3) is 17.4. The van der Waals surface area contributed by atoms with Crippen molar-refractivity contribution in [3.63, 3.8) is 0 Å². The fourth-order valence-corrected chi connectivity index (χ4v) is 7.62. The first kappa shape index (κ1) is 46.7. The van der Waals surface area contributed by atoms with Crippen LogP contribution in [-0.4, -0.2) is 89.4 Å². The molecule has 0 radical (unpaired) electrons. The van der Waals surface area contributed by atoms with Crippen LogP contribution in [0.3, 0.4) is 0 Å². The van der Waals surface area contributed by atoms with Gasteiger partial charge in [-0.2, -0.15) is 0 Å². The van der Waals surface area contributed by atoms with E-state index in [0.29, 0.717) is 37.8 Å². The summed E-state index contributed by atoms with van der Waals surface area (Å²) in [7, 11) is 0. The summed E-state index contributed by atoms with van der Waals surface area (Å²) in [6.07, 6.45) is 9.23. The number of esters is 2. The van der Waals surface area contributed by atoms with Crippen molar-refractivity contribution in [1.29, 1.82) is 0 Å². The van der Waals surface area contributed by atoms with Gasteiger partial charge in [0.2, 0.25) is 17.7 Å². The summed E-state index contributed by atoms with van der Waals surface area (Å²) >= 11 is 0. The summed E-state index contributed by atoms with van der Waals surface area (Å²) in [6, 6.07) is 16.0. The molecule has 13 nitrogen and oxygen atoms in total. The number of piperidine rings is 1. The molecule has 2 aromatic rings. The molecule has 4 amide bonds. The summed E-state index contributed by atoms with van der Waals surface area (Å²) in [4.78, 5) is 83.0. The number of hydrogen-bond donors (Lipinski definition) is 2. The standard InChI is InChI=1S/C46H66N4O9/c1-5-49(41(52)23-15-22-35-26-28-50(29-27-35)45(56)59-46(2,3)4)31-40(51)47-39(30-42(53)57-32-36-18-11-7-12-19-36)43(54)48-38(25-24-34-16-9-6-10-17-34)44(55)58-33-37-20-13-8-14-21-37/h7-8,11-14,18-21,34-35,38-39H,5-6,9-10,15-17,22-33H2,1-4H3,(H,47,51)(H,48,54)/t38-,39-/m0/s1. The van der Waals surface area contributed by atoms with Crippen LogP contribution >= 0.6 is 0 Å². The van der Waals surface area contributed by atoms with Crippen LogP contribution in [0.4, 0.5) is 4.79 Å². The lowest BCUT2D eigenvalue weighted by Gasteiger charge is -2.33. The van der Waals surface area contributed by atoms with Crippen molar-refractivity contribution in [2.45, 2.75) is 142 Å². The highest BCUT2D eigenvalue weighted by Gasteiger charge is 2.32. The molecule has 1 saturated heterocycles. The molecule has 4 rings (SSSR count). The van der Waals surface area contributed by atoms with Crippen molar-refractivity contribution >= 4 is 35.8 Å². The Morgan fingerprint density at radius 2 is 1.36 bits per heavy atom. The van der Waals surface area contributed by atoms with E-state index in [1.54, 1.807) is 11.8 Å². The van der Waals surface area contributed by atoms with Gasteiger partial charge < -0.3 is 34.6 Å². The SMILES string of the molecule is CCN(CC(=O)N[C@@H](CC(=O)OCc1ccccc1)C(=O)N[C@@H](CCC1CCCCC1)C(=O)OCc1ccccc1)C(=O)CCCC1CCN(C(=O)OC(C)(C)C)CC1. The van der Waals surface area contributed by atoms with Crippen molar-refractivity contribution in [3.8, 4) is 0 Å². The van der Waals surface area contributed by atoms with E-state index in [0.717, 1.165) is 62.5 Å². The van der Waals surface area contributed by atoms with Crippen LogP contribution in [0, 0.1) is 11.8 Å². The normalized spacial score (nSPS) is 16.0. The van der Waals surface area contributed by atoms with Crippen molar-refractivity contribution in [3.05, 3.63) is 71.8 Å². The second-order valence-corrected chi connectivity index (χ2v) is 16.9. The number of carbonyl (C=O) groups is 6. The quantitative estimate of drug-likeness (QED) is 0.108. The van der Waals surface area contributed by atoms with E-state index in [-0.39, 0.29) is 44.7 Å². The molecule has 0 bridgehead atoms. The zero-order valence-corrected chi connectivity index (χ0v) is 35.6. The van der Waals surface area contributed by atoms with Gasteiger partial charge in [0, 0.05) is 26.1 Å². The van der Waals surface area contributed by atoms with Crippen LogP contribution < -0.4 is 10.6 Å². The first-order valence-electron chi connectivity index (χ1n) is 21.5. The van der Waals surface area contributed by atoms with E-state index in [1.807, 2.05) is 81.4 Å². The Kier molecular flexibility index (Phi) is 19.2. The van der Waals surface area contributed by atoms with Gasteiger partial charge in [-0.3, -0.25) is 19.2 Å². The first-order valence-corrected chi connectivity index (χ1v) is 21.5. The van der Waals surface area contributed by atoms with Gasteiger partial charge in [0.25, 0.3) is 0 Å². The van der Waals surface area contributed by atoms with Gasteiger partial charge in [-0.1, -0.05) is 92.8 Å². The smallest absolute Gasteiger partial charge is 0.410 e. The van der Waals surface area contributed by atoms with Crippen LogP contribution in [0.1, 0.15) is 122 Å². The van der Waals surface area contributed by atoms with Crippen LogP contribution in [0.2, 0.25) is 0 Å². The number of rotatable bonds is 20. The number of nitrogens with zero attached hydrogens (tertiary/aromatic N) is 2. The molecule has 1 aliphatic heterocycles. The molecular formula is C46H66N4O9. The van der Waals surface area contributed by atoms with Crippen molar-refractivity contribution in [2.24, 2.45) is 11.8 Å². The van der Waals surface area contributed by atoms with E-state index in [9.17, 15) is 28.8 Å². The Morgan fingerprint density at radius 1 is 0.763 bits per heavy atom. The average molecular weight is 819 g/mol. The second kappa shape index (κ2) is 24.2. The Balaban J connectivity index is 1.35. The third-order valence-electron chi connectivity index (χ3n) is 11.0. The maximum Gasteiger partial charge on any atom is 0.410 e. The number of hydrogen-bond acceptors (Lipinski definition) is 9. The molecule has 2 aromatic carbocycles. The minimum Gasteiger partial charge on any atom is -0.461 e. The predicted octanol–water partition coefficient (Wildman–Crippen LogP) is 6.86. The highest BCUT2D eigenvalue weighted by molar-refractivity contribution is 5.94. The fraction of sp³-hybridized carbons (Fsp3) is 0.609. The largest absolute Gasteiger partial charge is 0.461 e. The second-order valence-electron chi connectivity index (χ2n) is 16.9. The maximum absolute atomic E-state index is 14.0. The Morgan fingerprint density at radius 3 is 1.95 bits per heavy atom. The average Bonchev–Trinajstić information content (AvgIpc) is 3.23. The summed E-state index contributed by atoms with van der Waals surface area (Å²) < 4.78 is 16.6. The van der Waals surface area contributed by atoms with Crippen LogP contribution in [0.5, 0.6) is 0 Å². The monoisotopic (exact) mass is 818 g/mol. The van der Waals surface area contributed by atoms with E-state index in [2.05, 4.69) is 10.6 Å². The summed E-state index contributed by atoms with van der Waals surface area (Å²) in [6.45, 7) is 8.53. The van der Waals surface area contributed by atoms with Gasteiger partial charge in [-0.05, 0) is 89.2 Å². The Labute approximate surface area is 350 Å². The van der Waals surface area contributed by atoms with Gasteiger partial charge in [-0.15, -0.1) is 0 Å². The zero-order chi connectivity index (χ0) is 42.6. The van der Waals surface area contributed by atoms with Gasteiger partial charge >= 0.3 is 18.0 Å². The molecule has 0 spiro atoms. The molecule has 2 atom stereocenters. The molecule has 2 N–H and O–H groups in total. The van der Waals surface area contributed by atoms with Crippen LogP contribution in [0.15, 0.2) is 60.7 Å². The number of ether oxygens (including phenoxy) is 3. The molecule has 0 aromatic heterocycles. The highest BCUT2D eigenvalue weighted by Crippen LogP contribution is 2.28. The summed E-state index contributed by atoms with van der Waals surface area (Å²) in [5.41, 5.74) is 1.02. The highest BCUT2D eigenvalue weighted by atomic mass is 16.6. The number of nitrogens with one attached hydrogen (secondary N) is 2. The zero-order valence-electron chi connectivity index (χ0n) is 35.6. The number of benzene rings is 2. The molecule has 0 unspecified atom stereocenters. The fourth-order valence-electron chi connectivity index (χ4n) is 7.62. The van der Waals surface area contributed by atoms with Crippen molar-refractivity contribution in [2.75, 3.05) is 26.2 Å². The molecule has 1 heterocycles. The van der Waals surface area contributed by atoms with E-state index in [1.165, 1.54) is 11.3 Å². The Hall–Kier alpha value is -4.94. The molecule has 324 valence electrons. The van der Waals surface area contributed by atoms with E-state index in [4.69, 9.17) is 14.2 Å². The molecule has 2 fully saturated rings. The maximum atomic E-state index is 14.0.